The molecule has 0 saturated carbocycles. The third-order valence-corrected chi connectivity index (χ3v) is 3.51. The molecule has 0 aliphatic carbocycles. The predicted molar refractivity (Wildman–Crippen MR) is 71.5 cm³/mol. The lowest BCUT2D eigenvalue weighted by molar-refractivity contribution is -0.152. The molecule has 2 rings (SSSR count). The SMILES string of the molecule is CCOC(=O)CN1C(=O)CC(Cc2ccc(F)c(F)c2F)C1=O. The van der Waals surface area contributed by atoms with Crippen molar-refractivity contribution >= 4 is 17.8 Å². The molecule has 0 aromatic heterocycles. The predicted octanol–water partition coefficient (Wildman–Crippen LogP) is 1.58. The molecular weight excluding hydrogens is 315 g/mol. The van der Waals surface area contributed by atoms with Crippen LogP contribution in [0.5, 0.6) is 0 Å². The van der Waals surface area contributed by atoms with Gasteiger partial charge in [0.1, 0.15) is 6.54 Å². The van der Waals surface area contributed by atoms with Crippen molar-refractivity contribution in [3.63, 3.8) is 0 Å². The van der Waals surface area contributed by atoms with Gasteiger partial charge in [-0.25, -0.2) is 13.2 Å². The van der Waals surface area contributed by atoms with Crippen molar-refractivity contribution in [1.82, 2.24) is 4.90 Å². The minimum Gasteiger partial charge on any atom is -0.465 e. The monoisotopic (exact) mass is 329 g/mol. The standard InChI is InChI=1S/C15H14F3NO4/c1-2-23-12(21)7-19-11(20)6-9(15(19)22)5-8-3-4-10(16)14(18)13(8)17/h3-4,9H,2,5-7H2,1H3. The van der Waals surface area contributed by atoms with E-state index in [4.69, 9.17) is 0 Å². The first-order valence-electron chi connectivity index (χ1n) is 6.97. The summed E-state index contributed by atoms with van der Waals surface area (Å²) < 4.78 is 44.4. The Morgan fingerprint density at radius 1 is 1.26 bits per heavy atom. The van der Waals surface area contributed by atoms with Crippen molar-refractivity contribution in [2.24, 2.45) is 5.92 Å². The molecule has 1 aromatic carbocycles. The van der Waals surface area contributed by atoms with Crippen LogP contribution in [0.2, 0.25) is 0 Å². The van der Waals surface area contributed by atoms with Gasteiger partial charge in [-0.1, -0.05) is 6.07 Å². The van der Waals surface area contributed by atoms with Crippen molar-refractivity contribution in [2.45, 2.75) is 19.8 Å². The second kappa shape index (κ2) is 6.80. The van der Waals surface area contributed by atoms with E-state index in [0.29, 0.717) is 0 Å². The Hall–Kier alpha value is -2.38. The number of carbonyl (C=O) groups is 3. The molecule has 0 spiro atoms. The first-order valence-corrected chi connectivity index (χ1v) is 6.97. The molecule has 0 radical (unpaired) electrons. The van der Waals surface area contributed by atoms with Crippen LogP contribution in [0.1, 0.15) is 18.9 Å². The number of imide groups is 1. The summed E-state index contributed by atoms with van der Waals surface area (Å²) in [6.07, 6.45) is -0.483. The van der Waals surface area contributed by atoms with E-state index in [1.807, 2.05) is 0 Å². The minimum absolute atomic E-state index is 0.110. The van der Waals surface area contributed by atoms with E-state index in [1.54, 1.807) is 6.92 Å². The highest BCUT2D eigenvalue weighted by atomic mass is 19.2. The lowest BCUT2D eigenvalue weighted by Gasteiger charge is -2.14. The zero-order chi connectivity index (χ0) is 17.1. The molecule has 1 heterocycles. The minimum atomic E-state index is -1.62. The van der Waals surface area contributed by atoms with Gasteiger partial charge in [-0.05, 0) is 25.0 Å². The second-order valence-corrected chi connectivity index (χ2v) is 5.06. The van der Waals surface area contributed by atoms with E-state index in [2.05, 4.69) is 4.74 Å². The fourth-order valence-electron chi connectivity index (χ4n) is 2.40. The summed E-state index contributed by atoms with van der Waals surface area (Å²) in [7, 11) is 0. The Balaban J connectivity index is 2.11. The molecule has 0 N–H and O–H groups in total. The van der Waals surface area contributed by atoms with Crippen LogP contribution in [0.4, 0.5) is 13.2 Å². The van der Waals surface area contributed by atoms with Crippen LogP contribution in [0.25, 0.3) is 0 Å². The Kier molecular flexibility index (Phi) is 5.02. The molecule has 1 aliphatic heterocycles. The van der Waals surface area contributed by atoms with Crippen molar-refractivity contribution in [3.8, 4) is 0 Å². The smallest absolute Gasteiger partial charge is 0.326 e. The van der Waals surface area contributed by atoms with Crippen LogP contribution in [0.3, 0.4) is 0 Å². The number of ether oxygens (including phenoxy) is 1. The maximum absolute atomic E-state index is 13.6. The molecule has 124 valence electrons. The molecule has 1 aromatic rings. The number of carbonyl (C=O) groups excluding carboxylic acids is 3. The van der Waals surface area contributed by atoms with E-state index < -0.39 is 47.7 Å². The second-order valence-electron chi connectivity index (χ2n) is 5.06. The quantitative estimate of drug-likeness (QED) is 0.467. The lowest BCUT2D eigenvalue weighted by Crippen LogP contribution is -2.36. The van der Waals surface area contributed by atoms with E-state index in [9.17, 15) is 27.6 Å². The van der Waals surface area contributed by atoms with Gasteiger partial charge in [0.15, 0.2) is 17.5 Å². The highest BCUT2D eigenvalue weighted by Gasteiger charge is 2.40. The average molecular weight is 329 g/mol. The summed E-state index contributed by atoms with van der Waals surface area (Å²) in [5.74, 6) is -7.23. The normalized spacial score (nSPS) is 17.7. The number of esters is 1. The third kappa shape index (κ3) is 3.52. The Bertz CT molecular complexity index is 662. The molecule has 23 heavy (non-hydrogen) atoms. The van der Waals surface area contributed by atoms with Crippen LogP contribution in [-0.2, 0) is 25.5 Å². The van der Waals surface area contributed by atoms with Crippen LogP contribution in [0.15, 0.2) is 12.1 Å². The summed E-state index contributed by atoms with van der Waals surface area (Å²) in [6, 6.07) is 1.78. The Labute approximate surface area is 130 Å². The zero-order valence-electron chi connectivity index (χ0n) is 12.3. The maximum Gasteiger partial charge on any atom is 0.326 e. The molecule has 0 bridgehead atoms. The van der Waals surface area contributed by atoms with Crippen LogP contribution >= 0.6 is 0 Å². The van der Waals surface area contributed by atoms with Gasteiger partial charge in [-0.2, -0.15) is 0 Å². The van der Waals surface area contributed by atoms with Crippen molar-refractivity contribution in [2.75, 3.05) is 13.2 Å². The summed E-state index contributed by atoms with van der Waals surface area (Å²) >= 11 is 0. The van der Waals surface area contributed by atoms with Gasteiger partial charge in [0.05, 0.1) is 12.5 Å². The Morgan fingerprint density at radius 2 is 1.96 bits per heavy atom. The average Bonchev–Trinajstić information content (AvgIpc) is 2.76. The number of amides is 2. The van der Waals surface area contributed by atoms with Crippen molar-refractivity contribution in [1.29, 1.82) is 0 Å². The summed E-state index contributed by atoms with van der Waals surface area (Å²) in [5, 5.41) is 0. The van der Waals surface area contributed by atoms with E-state index >= 15 is 0 Å². The zero-order valence-corrected chi connectivity index (χ0v) is 12.3. The van der Waals surface area contributed by atoms with Gasteiger partial charge in [0, 0.05) is 6.42 Å². The number of rotatable bonds is 5. The van der Waals surface area contributed by atoms with Gasteiger partial charge < -0.3 is 4.74 Å². The third-order valence-electron chi connectivity index (χ3n) is 3.51. The molecule has 1 saturated heterocycles. The molecule has 5 nitrogen and oxygen atoms in total. The van der Waals surface area contributed by atoms with Crippen LogP contribution < -0.4 is 0 Å². The Morgan fingerprint density at radius 3 is 2.61 bits per heavy atom. The first kappa shape index (κ1) is 17.0. The molecule has 1 aliphatic rings. The molecule has 1 fully saturated rings. The molecular formula is C15H14F3NO4. The van der Waals surface area contributed by atoms with E-state index in [0.717, 1.165) is 17.0 Å². The maximum atomic E-state index is 13.6. The summed E-state index contributed by atoms with van der Waals surface area (Å²) in [4.78, 5) is 36.0. The van der Waals surface area contributed by atoms with Gasteiger partial charge in [0.2, 0.25) is 11.8 Å². The topological polar surface area (TPSA) is 63.7 Å². The number of halogens is 3. The number of nitrogens with zero attached hydrogens (tertiary/aromatic N) is 1. The number of benzene rings is 1. The molecule has 1 unspecified atom stereocenters. The highest BCUT2D eigenvalue weighted by Crippen LogP contribution is 2.26. The van der Waals surface area contributed by atoms with Gasteiger partial charge >= 0.3 is 5.97 Å². The highest BCUT2D eigenvalue weighted by molar-refractivity contribution is 6.05. The number of likely N-dealkylation sites (tertiary alicyclic amines) is 1. The van der Waals surface area contributed by atoms with Crippen LogP contribution in [-0.4, -0.2) is 35.8 Å². The van der Waals surface area contributed by atoms with Crippen molar-refractivity contribution < 1.29 is 32.3 Å². The number of hydrogen-bond donors (Lipinski definition) is 0. The fourth-order valence-corrected chi connectivity index (χ4v) is 2.40. The van der Waals surface area contributed by atoms with Crippen molar-refractivity contribution in [3.05, 3.63) is 35.1 Å². The van der Waals surface area contributed by atoms with E-state index in [-0.39, 0.29) is 25.0 Å². The molecule has 8 heteroatoms. The largest absolute Gasteiger partial charge is 0.465 e. The van der Waals surface area contributed by atoms with E-state index in [1.165, 1.54) is 0 Å². The fraction of sp³-hybridized carbons (Fsp3) is 0.400. The lowest BCUT2D eigenvalue weighted by atomic mass is 9.97. The van der Waals surface area contributed by atoms with Gasteiger partial charge in [-0.3, -0.25) is 19.3 Å². The number of hydrogen-bond acceptors (Lipinski definition) is 4. The van der Waals surface area contributed by atoms with Gasteiger partial charge in [-0.15, -0.1) is 0 Å². The first-order chi connectivity index (χ1) is 10.8. The molecule has 1 atom stereocenters. The summed E-state index contributed by atoms with van der Waals surface area (Å²) in [5.41, 5.74) is -0.201. The molecule has 2 amide bonds. The summed E-state index contributed by atoms with van der Waals surface area (Å²) in [6.45, 7) is 1.18. The van der Waals surface area contributed by atoms with Crippen LogP contribution in [0, 0.1) is 23.4 Å². The van der Waals surface area contributed by atoms with Gasteiger partial charge in [0.25, 0.3) is 0 Å².